The van der Waals surface area contributed by atoms with E-state index in [1.54, 1.807) is 6.92 Å². The third-order valence-corrected chi connectivity index (χ3v) is 3.01. The summed E-state index contributed by atoms with van der Waals surface area (Å²) in [5, 5.41) is 10.1. The smallest absolute Gasteiger partial charge is 0.122 e. The number of aliphatic hydroxyl groups is 1. The van der Waals surface area contributed by atoms with Crippen LogP contribution in [0, 0.1) is 17.8 Å². The molecule has 0 aromatic carbocycles. The maximum absolute atomic E-state index is 10.1. The standard InChI is InChI=1S/C14H25Cl2NO.ClH/c1-13(2)5-7-14(3,18)6-4-10-17(11-8-15)12-9-16;/h13,18H,5,7-12H2,1-3H3;1H. The molecule has 0 aliphatic heterocycles. The van der Waals surface area contributed by atoms with Crippen LogP contribution in [0.4, 0.5) is 0 Å². The maximum atomic E-state index is 10.1. The van der Waals surface area contributed by atoms with Crippen LogP contribution in [0.1, 0.15) is 33.6 Å². The highest BCUT2D eigenvalue weighted by Gasteiger charge is 2.16. The lowest BCUT2D eigenvalue weighted by Gasteiger charge is -2.19. The van der Waals surface area contributed by atoms with Crippen LogP contribution >= 0.6 is 35.6 Å². The topological polar surface area (TPSA) is 23.5 Å². The van der Waals surface area contributed by atoms with Gasteiger partial charge in [-0.15, -0.1) is 35.6 Å². The lowest BCUT2D eigenvalue weighted by molar-refractivity contribution is 0.105. The second-order valence-electron chi connectivity index (χ2n) is 5.16. The van der Waals surface area contributed by atoms with Gasteiger partial charge in [-0.3, -0.25) is 4.90 Å². The summed E-state index contributed by atoms with van der Waals surface area (Å²) in [6, 6.07) is 0. The molecule has 0 spiro atoms. The summed E-state index contributed by atoms with van der Waals surface area (Å²) in [5.74, 6) is 7.70. The molecule has 0 saturated carbocycles. The molecule has 0 aromatic rings. The Bertz CT molecular complexity index is 266. The first-order valence-electron chi connectivity index (χ1n) is 6.48. The highest BCUT2D eigenvalue weighted by Crippen LogP contribution is 2.15. The van der Waals surface area contributed by atoms with Gasteiger partial charge in [0.1, 0.15) is 5.60 Å². The van der Waals surface area contributed by atoms with Crippen molar-refractivity contribution in [3.8, 4) is 11.8 Å². The van der Waals surface area contributed by atoms with E-state index in [0.29, 0.717) is 30.6 Å². The highest BCUT2D eigenvalue weighted by molar-refractivity contribution is 6.18. The molecule has 5 heteroatoms. The van der Waals surface area contributed by atoms with Gasteiger partial charge in [0.05, 0.1) is 6.54 Å². The summed E-state index contributed by atoms with van der Waals surface area (Å²) < 4.78 is 0. The van der Waals surface area contributed by atoms with Gasteiger partial charge in [-0.05, 0) is 25.7 Å². The molecule has 0 radical (unpaired) electrons. The van der Waals surface area contributed by atoms with E-state index in [0.717, 1.165) is 19.5 Å². The SMILES string of the molecule is CC(C)CCC(C)(O)C#CCN(CCCl)CCCl.Cl. The molecule has 1 atom stereocenters. The maximum Gasteiger partial charge on any atom is 0.122 e. The zero-order valence-corrected chi connectivity index (χ0v) is 14.4. The van der Waals surface area contributed by atoms with Gasteiger partial charge in [-0.25, -0.2) is 0 Å². The Balaban J connectivity index is 0. The number of hydrogen-bond donors (Lipinski definition) is 1. The molecule has 0 saturated heterocycles. The van der Waals surface area contributed by atoms with E-state index < -0.39 is 5.60 Å². The lowest BCUT2D eigenvalue weighted by Crippen LogP contribution is -2.29. The minimum absolute atomic E-state index is 0. The largest absolute Gasteiger partial charge is 0.378 e. The molecule has 0 rings (SSSR count). The van der Waals surface area contributed by atoms with Gasteiger partial charge < -0.3 is 5.11 Å². The van der Waals surface area contributed by atoms with E-state index in [1.807, 2.05) is 0 Å². The molecular formula is C14H26Cl3NO. The van der Waals surface area contributed by atoms with Crippen LogP contribution in [0.25, 0.3) is 0 Å². The van der Waals surface area contributed by atoms with E-state index in [9.17, 15) is 5.11 Å². The van der Waals surface area contributed by atoms with Crippen LogP contribution < -0.4 is 0 Å². The number of hydrogen-bond acceptors (Lipinski definition) is 2. The predicted molar refractivity (Wildman–Crippen MR) is 87.6 cm³/mol. The monoisotopic (exact) mass is 329 g/mol. The molecule has 0 amide bonds. The second-order valence-corrected chi connectivity index (χ2v) is 5.92. The molecule has 19 heavy (non-hydrogen) atoms. The van der Waals surface area contributed by atoms with Gasteiger partial charge >= 0.3 is 0 Å². The van der Waals surface area contributed by atoms with Crippen molar-refractivity contribution in [1.82, 2.24) is 4.90 Å². The molecule has 1 unspecified atom stereocenters. The van der Waals surface area contributed by atoms with E-state index >= 15 is 0 Å². The molecule has 0 bridgehead atoms. The number of alkyl halides is 2. The van der Waals surface area contributed by atoms with Gasteiger partial charge in [-0.2, -0.15) is 0 Å². The van der Waals surface area contributed by atoms with Crippen molar-refractivity contribution < 1.29 is 5.11 Å². The summed E-state index contributed by atoms with van der Waals surface area (Å²) in [4.78, 5) is 2.09. The quantitative estimate of drug-likeness (QED) is 0.545. The second kappa shape index (κ2) is 12.1. The van der Waals surface area contributed by atoms with Crippen molar-refractivity contribution in [2.24, 2.45) is 5.92 Å². The summed E-state index contributed by atoms with van der Waals surface area (Å²) in [5.41, 5.74) is -0.891. The fraction of sp³-hybridized carbons (Fsp3) is 0.857. The Morgan fingerprint density at radius 2 is 1.74 bits per heavy atom. The van der Waals surface area contributed by atoms with Crippen molar-refractivity contribution in [3.63, 3.8) is 0 Å². The molecule has 0 aromatic heterocycles. The van der Waals surface area contributed by atoms with Gasteiger partial charge in [0.15, 0.2) is 0 Å². The van der Waals surface area contributed by atoms with Crippen molar-refractivity contribution in [3.05, 3.63) is 0 Å². The third kappa shape index (κ3) is 13.1. The van der Waals surface area contributed by atoms with Gasteiger partial charge in [-0.1, -0.05) is 25.7 Å². The normalized spacial score (nSPS) is 13.7. The van der Waals surface area contributed by atoms with Crippen LogP contribution in [0.3, 0.4) is 0 Å². The van der Waals surface area contributed by atoms with Crippen molar-refractivity contribution >= 4 is 35.6 Å². The highest BCUT2D eigenvalue weighted by atomic mass is 35.5. The van der Waals surface area contributed by atoms with Crippen LogP contribution in [0.15, 0.2) is 0 Å². The third-order valence-electron chi connectivity index (χ3n) is 2.67. The molecule has 0 fully saturated rings. The van der Waals surface area contributed by atoms with E-state index in [4.69, 9.17) is 23.2 Å². The minimum Gasteiger partial charge on any atom is -0.378 e. The Morgan fingerprint density at radius 3 is 2.16 bits per heavy atom. The molecule has 2 nitrogen and oxygen atoms in total. The van der Waals surface area contributed by atoms with Crippen LogP contribution in [-0.2, 0) is 0 Å². The first kappa shape index (κ1) is 21.6. The van der Waals surface area contributed by atoms with Gasteiger partial charge in [0, 0.05) is 24.8 Å². The molecule has 0 aliphatic rings. The summed E-state index contributed by atoms with van der Waals surface area (Å²) in [7, 11) is 0. The molecular weight excluding hydrogens is 305 g/mol. The van der Waals surface area contributed by atoms with Gasteiger partial charge in [0.2, 0.25) is 0 Å². The van der Waals surface area contributed by atoms with Crippen LogP contribution in [-0.4, -0.2) is 47.0 Å². The first-order chi connectivity index (χ1) is 8.41. The molecule has 0 heterocycles. The number of nitrogens with zero attached hydrogens (tertiary/aromatic N) is 1. The molecule has 0 aliphatic carbocycles. The fourth-order valence-electron chi connectivity index (χ4n) is 1.48. The Labute approximate surface area is 134 Å². The van der Waals surface area contributed by atoms with Crippen LogP contribution in [0.5, 0.6) is 0 Å². The predicted octanol–water partition coefficient (Wildman–Crippen LogP) is 3.38. The number of rotatable bonds is 8. The molecule has 1 N–H and O–H groups in total. The zero-order valence-electron chi connectivity index (χ0n) is 12.1. The lowest BCUT2D eigenvalue weighted by atomic mass is 9.96. The van der Waals surface area contributed by atoms with E-state index in [2.05, 4.69) is 30.6 Å². The zero-order chi connectivity index (χ0) is 14.0. The van der Waals surface area contributed by atoms with Crippen molar-refractivity contribution in [2.45, 2.75) is 39.2 Å². The number of halogens is 3. The average molecular weight is 331 g/mol. The summed E-state index contributed by atoms with van der Waals surface area (Å²) >= 11 is 11.4. The average Bonchev–Trinajstić information content (AvgIpc) is 2.27. The van der Waals surface area contributed by atoms with Crippen molar-refractivity contribution in [1.29, 1.82) is 0 Å². The fourth-order valence-corrected chi connectivity index (χ4v) is 1.96. The van der Waals surface area contributed by atoms with Gasteiger partial charge in [0.25, 0.3) is 0 Å². The summed E-state index contributed by atoms with van der Waals surface area (Å²) in [6.07, 6.45) is 1.69. The van der Waals surface area contributed by atoms with Crippen LogP contribution in [0.2, 0.25) is 0 Å². The van der Waals surface area contributed by atoms with Crippen molar-refractivity contribution in [2.75, 3.05) is 31.4 Å². The van der Waals surface area contributed by atoms with E-state index in [1.165, 1.54) is 0 Å². The molecule has 114 valence electrons. The Hall–Kier alpha value is 0.350. The minimum atomic E-state index is -0.891. The first-order valence-corrected chi connectivity index (χ1v) is 7.55. The summed E-state index contributed by atoms with van der Waals surface area (Å²) in [6.45, 7) is 8.22. The Kier molecular flexibility index (Phi) is 13.8. The van der Waals surface area contributed by atoms with E-state index in [-0.39, 0.29) is 12.4 Å². The Morgan fingerprint density at radius 1 is 1.21 bits per heavy atom.